The minimum Gasteiger partial charge on any atom is -0.493 e. The van der Waals surface area contributed by atoms with Gasteiger partial charge in [0.25, 0.3) is 0 Å². The molecule has 1 heterocycles. The third kappa shape index (κ3) is 4.63. The minimum atomic E-state index is -0.900. The van der Waals surface area contributed by atoms with Gasteiger partial charge < -0.3 is 23.8 Å². The first-order valence-electron chi connectivity index (χ1n) is 8.09. The fourth-order valence-electron chi connectivity index (χ4n) is 2.56. The number of methoxy groups -OCH3 is 3. The molecule has 0 bridgehead atoms. The second-order valence-electron chi connectivity index (χ2n) is 5.53. The molecule has 2 aromatic rings. The lowest BCUT2D eigenvalue weighted by Gasteiger charge is -2.16. The van der Waals surface area contributed by atoms with Crippen molar-refractivity contribution in [2.24, 2.45) is 0 Å². The molecular weight excluding hydrogens is 342 g/mol. The Morgan fingerprint density at radius 3 is 2.35 bits per heavy atom. The topological polar surface area (TPSA) is 107 Å². The van der Waals surface area contributed by atoms with Gasteiger partial charge in [-0.3, -0.25) is 9.69 Å². The molecule has 9 nitrogen and oxygen atoms in total. The summed E-state index contributed by atoms with van der Waals surface area (Å²) in [5.74, 6) is 1.22. The summed E-state index contributed by atoms with van der Waals surface area (Å²) in [5.41, 5.74) is 0.634. The molecule has 9 heteroatoms. The SMILES string of the molecule is CCCN(CC(=O)O)Cc1nc(-c2cc(OC)c(OC)c(OC)c2)no1. The van der Waals surface area contributed by atoms with Crippen LogP contribution in [-0.2, 0) is 11.3 Å². The Bertz CT molecular complexity index is 721. The van der Waals surface area contributed by atoms with Crippen LogP contribution in [0.1, 0.15) is 19.2 Å². The second kappa shape index (κ2) is 9.04. The van der Waals surface area contributed by atoms with Crippen molar-refractivity contribution < 1.29 is 28.6 Å². The molecule has 26 heavy (non-hydrogen) atoms. The molecule has 1 N–H and O–H groups in total. The van der Waals surface area contributed by atoms with E-state index in [0.717, 1.165) is 6.42 Å². The van der Waals surface area contributed by atoms with Gasteiger partial charge in [-0.2, -0.15) is 4.98 Å². The quantitative estimate of drug-likeness (QED) is 0.677. The Morgan fingerprint density at radius 2 is 1.85 bits per heavy atom. The number of carbonyl (C=O) groups is 1. The summed E-state index contributed by atoms with van der Waals surface area (Å²) in [5, 5.41) is 13.0. The van der Waals surface area contributed by atoms with E-state index in [0.29, 0.717) is 41.1 Å². The van der Waals surface area contributed by atoms with Crippen LogP contribution < -0.4 is 14.2 Å². The number of nitrogens with zero attached hydrogens (tertiary/aromatic N) is 3. The molecule has 0 atom stereocenters. The van der Waals surface area contributed by atoms with E-state index in [1.54, 1.807) is 17.0 Å². The predicted molar refractivity (Wildman–Crippen MR) is 92.6 cm³/mol. The Balaban J connectivity index is 2.27. The summed E-state index contributed by atoms with van der Waals surface area (Å²) in [6.07, 6.45) is 0.821. The molecule has 0 amide bonds. The Labute approximate surface area is 151 Å². The summed E-state index contributed by atoms with van der Waals surface area (Å²) in [7, 11) is 4.58. The molecule has 0 fully saturated rings. The van der Waals surface area contributed by atoms with E-state index in [-0.39, 0.29) is 13.1 Å². The van der Waals surface area contributed by atoms with Crippen molar-refractivity contribution in [3.8, 4) is 28.6 Å². The van der Waals surface area contributed by atoms with Crippen LogP contribution in [0.25, 0.3) is 11.4 Å². The highest BCUT2D eigenvalue weighted by Crippen LogP contribution is 2.40. The Kier molecular flexibility index (Phi) is 6.79. The maximum atomic E-state index is 11.0. The van der Waals surface area contributed by atoms with Crippen LogP contribution in [0.4, 0.5) is 0 Å². The van der Waals surface area contributed by atoms with Crippen molar-refractivity contribution in [1.29, 1.82) is 0 Å². The van der Waals surface area contributed by atoms with E-state index in [4.69, 9.17) is 23.8 Å². The fraction of sp³-hybridized carbons (Fsp3) is 0.471. The summed E-state index contributed by atoms with van der Waals surface area (Å²) in [4.78, 5) is 17.0. The highest BCUT2D eigenvalue weighted by molar-refractivity contribution is 5.69. The third-order valence-corrected chi connectivity index (χ3v) is 3.65. The number of benzene rings is 1. The molecule has 2 rings (SSSR count). The van der Waals surface area contributed by atoms with Gasteiger partial charge in [-0.25, -0.2) is 0 Å². The zero-order valence-corrected chi connectivity index (χ0v) is 15.3. The smallest absolute Gasteiger partial charge is 0.317 e. The molecule has 1 aromatic carbocycles. The van der Waals surface area contributed by atoms with Gasteiger partial charge in [0, 0.05) is 5.56 Å². The monoisotopic (exact) mass is 365 g/mol. The number of hydrogen-bond donors (Lipinski definition) is 1. The number of ether oxygens (including phenoxy) is 3. The van der Waals surface area contributed by atoms with Gasteiger partial charge in [0.1, 0.15) is 0 Å². The van der Waals surface area contributed by atoms with Crippen LogP contribution in [0, 0.1) is 0 Å². The highest BCUT2D eigenvalue weighted by atomic mass is 16.5. The molecule has 0 unspecified atom stereocenters. The standard InChI is InChI=1S/C17H23N3O6/c1-5-6-20(10-15(21)22)9-14-18-17(19-26-14)11-7-12(23-2)16(25-4)13(8-11)24-3/h7-8H,5-6,9-10H2,1-4H3,(H,21,22). The molecular formula is C17H23N3O6. The lowest BCUT2D eigenvalue weighted by molar-refractivity contribution is -0.138. The van der Waals surface area contributed by atoms with E-state index >= 15 is 0 Å². The first-order chi connectivity index (χ1) is 12.5. The van der Waals surface area contributed by atoms with Crippen molar-refractivity contribution in [2.45, 2.75) is 19.9 Å². The van der Waals surface area contributed by atoms with Crippen molar-refractivity contribution in [3.05, 3.63) is 18.0 Å². The average Bonchev–Trinajstić information content (AvgIpc) is 3.08. The molecule has 142 valence electrons. The molecule has 0 saturated carbocycles. The lowest BCUT2D eigenvalue weighted by Crippen LogP contribution is -2.30. The van der Waals surface area contributed by atoms with Gasteiger partial charge >= 0.3 is 5.97 Å². The molecule has 0 aliphatic rings. The van der Waals surface area contributed by atoms with Gasteiger partial charge in [0.2, 0.25) is 17.5 Å². The third-order valence-electron chi connectivity index (χ3n) is 3.65. The van der Waals surface area contributed by atoms with Crippen LogP contribution in [-0.4, -0.2) is 60.5 Å². The summed E-state index contributed by atoms with van der Waals surface area (Å²) < 4.78 is 21.2. The van der Waals surface area contributed by atoms with Crippen molar-refractivity contribution in [3.63, 3.8) is 0 Å². The molecule has 0 spiro atoms. The van der Waals surface area contributed by atoms with Crippen molar-refractivity contribution >= 4 is 5.97 Å². The fourth-order valence-corrected chi connectivity index (χ4v) is 2.56. The molecule has 0 aliphatic heterocycles. The van der Waals surface area contributed by atoms with Crippen molar-refractivity contribution in [2.75, 3.05) is 34.4 Å². The Morgan fingerprint density at radius 1 is 1.19 bits per heavy atom. The molecule has 1 aromatic heterocycles. The number of hydrogen-bond acceptors (Lipinski definition) is 8. The number of rotatable bonds is 10. The van der Waals surface area contributed by atoms with Gasteiger partial charge in [0.05, 0.1) is 34.4 Å². The maximum absolute atomic E-state index is 11.0. The van der Waals surface area contributed by atoms with E-state index in [1.165, 1.54) is 21.3 Å². The van der Waals surface area contributed by atoms with Gasteiger partial charge in [-0.05, 0) is 25.1 Å². The van der Waals surface area contributed by atoms with Crippen LogP contribution in [0.2, 0.25) is 0 Å². The second-order valence-corrected chi connectivity index (χ2v) is 5.53. The van der Waals surface area contributed by atoms with E-state index < -0.39 is 5.97 Å². The normalized spacial score (nSPS) is 10.8. The Hall–Kier alpha value is -2.81. The van der Waals surface area contributed by atoms with Gasteiger partial charge in [0.15, 0.2) is 11.5 Å². The first kappa shape index (κ1) is 19.5. The van der Waals surface area contributed by atoms with E-state index in [2.05, 4.69) is 10.1 Å². The number of carboxylic acid groups (broad SMARTS) is 1. The lowest BCUT2D eigenvalue weighted by atomic mass is 10.1. The molecule has 0 saturated heterocycles. The maximum Gasteiger partial charge on any atom is 0.317 e. The first-order valence-corrected chi connectivity index (χ1v) is 8.09. The van der Waals surface area contributed by atoms with E-state index in [9.17, 15) is 4.79 Å². The summed E-state index contributed by atoms with van der Waals surface area (Å²) in [6, 6.07) is 3.44. The molecule has 0 radical (unpaired) electrons. The van der Waals surface area contributed by atoms with Gasteiger partial charge in [-0.1, -0.05) is 12.1 Å². The zero-order chi connectivity index (χ0) is 19.1. The predicted octanol–water partition coefficient (Wildman–Crippen LogP) is 2.06. The van der Waals surface area contributed by atoms with E-state index in [1.807, 2.05) is 6.92 Å². The summed E-state index contributed by atoms with van der Waals surface area (Å²) >= 11 is 0. The average molecular weight is 365 g/mol. The van der Waals surface area contributed by atoms with Crippen LogP contribution >= 0.6 is 0 Å². The minimum absolute atomic E-state index is 0.0876. The number of carboxylic acids is 1. The van der Waals surface area contributed by atoms with Crippen LogP contribution in [0.3, 0.4) is 0 Å². The van der Waals surface area contributed by atoms with Gasteiger partial charge in [-0.15, -0.1) is 0 Å². The number of aromatic nitrogens is 2. The zero-order valence-electron chi connectivity index (χ0n) is 15.3. The molecule has 0 aliphatic carbocycles. The summed E-state index contributed by atoms with van der Waals surface area (Å²) in [6.45, 7) is 2.77. The largest absolute Gasteiger partial charge is 0.493 e. The number of aliphatic carboxylic acids is 1. The highest BCUT2D eigenvalue weighted by Gasteiger charge is 2.19. The van der Waals surface area contributed by atoms with Crippen LogP contribution in [0.15, 0.2) is 16.7 Å². The van der Waals surface area contributed by atoms with Crippen molar-refractivity contribution in [1.82, 2.24) is 15.0 Å². The van der Waals surface area contributed by atoms with Crippen LogP contribution in [0.5, 0.6) is 17.2 Å².